The van der Waals surface area contributed by atoms with Crippen molar-refractivity contribution in [3.05, 3.63) is 29.3 Å². The van der Waals surface area contributed by atoms with Crippen LogP contribution < -0.4 is 16.8 Å². The second-order valence-corrected chi connectivity index (χ2v) is 5.56. The molecule has 1 aromatic rings. The number of amides is 2. The zero-order valence-corrected chi connectivity index (χ0v) is 11.7. The Hall–Kier alpha value is -1.88. The number of nitrogens with one attached hydrogen (secondary N) is 1. The fourth-order valence-corrected chi connectivity index (χ4v) is 2.57. The van der Waals surface area contributed by atoms with Gasteiger partial charge in [0.05, 0.1) is 5.54 Å². The van der Waals surface area contributed by atoms with Crippen molar-refractivity contribution >= 4 is 17.5 Å². The van der Waals surface area contributed by atoms with Crippen LogP contribution in [0.25, 0.3) is 0 Å². The largest absolute Gasteiger partial charge is 0.366 e. The standard InChI is InChI=1S/C15H21N3O2/c1-10-5-6-11(13(16)19)9-12(10)18-14(20)15(17)7-3-2-4-8-15/h5-6,9H,2-4,7-8,17H2,1H3,(H2,16,19)(H,18,20). The highest BCUT2D eigenvalue weighted by molar-refractivity contribution is 6.00. The maximum Gasteiger partial charge on any atom is 0.248 e. The smallest absolute Gasteiger partial charge is 0.248 e. The lowest BCUT2D eigenvalue weighted by molar-refractivity contribution is -0.122. The van der Waals surface area contributed by atoms with Crippen LogP contribution in [0.3, 0.4) is 0 Å². The second kappa shape index (κ2) is 5.63. The van der Waals surface area contributed by atoms with Gasteiger partial charge in [0.1, 0.15) is 0 Å². The zero-order chi connectivity index (χ0) is 14.8. The molecule has 1 saturated carbocycles. The van der Waals surface area contributed by atoms with Gasteiger partial charge in [-0.25, -0.2) is 0 Å². The highest BCUT2D eigenvalue weighted by atomic mass is 16.2. The van der Waals surface area contributed by atoms with E-state index in [1.165, 1.54) is 0 Å². The first-order valence-electron chi connectivity index (χ1n) is 6.93. The first-order valence-corrected chi connectivity index (χ1v) is 6.93. The summed E-state index contributed by atoms with van der Waals surface area (Å²) in [5.74, 6) is -0.692. The average Bonchev–Trinajstić information content (AvgIpc) is 2.41. The van der Waals surface area contributed by atoms with Gasteiger partial charge in [-0.3, -0.25) is 9.59 Å². The molecule has 2 amide bonds. The summed E-state index contributed by atoms with van der Waals surface area (Å²) in [5.41, 5.74) is 12.5. The van der Waals surface area contributed by atoms with Gasteiger partial charge in [0.2, 0.25) is 11.8 Å². The van der Waals surface area contributed by atoms with Crippen molar-refractivity contribution in [2.24, 2.45) is 11.5 Å². The van der Waals surface area contributed by atoms with Crippen LogP contribution in [0.15, 0.2) is 18.2 Å². The highest BCUT2D eigenvalue weighted by Crippen LogP contribution is 2.28. The van der Waals surface area contributed by atoms with E-state index >= 15 is 0 Å². The number of nitrogens with two attached hydrogens (primary N) is 2. The molecule has 0 aromatic heterocycles. The summed E-state index contributed by atoms with van der Waals surface area (Å²) in [6.45, 7) is 1.87. The molecule has 0 heterocycles. The number of primary amides is 1. The van der Waals surface area contributed by atoms with E-state index in [-0.39, 0.29) is 5.91 Å². The second-order valence-electron chi connectivity index (χ2n) is 5.56. The van der Waals surface area contributed by atoms with Crippen molar-refractivity contribution in [2.45, 2.75) is 44.6 Å². The van der Waals surface area contributed by atoms with Crippen molar-refractivity contribution in [3.63, 3.8) is 0 Å². The van der Waals surface area contributed by atoms with Gasteiger partial charge in [0.25, 0.3) is 0 Å². The number of anilines is 1. The summed E-state index contributed by atoms with van der Waals surface area (Å²) < 4.78 is 0. The van der Waals surface area contributed by atoms with E-state index < -0.39 is 11.4 Å². The minimum Gasteiger partial charge on any atom is -0.366 e. The lowest BCUT2D eigenvalue weighted by Gasteiger charge is -2.32. The minimum atomic E-state index is -0.798. The van der Waals surface area contributed by atoms with Crippen molar-refractivity contribution in [1.82, 2.24) is 0 Å². The van der Waals surface area contributed by atoms with Gasteiger partial charge in [-0.1, -0.05) is 25.3 Å². The van der Waals surface area contributed by atoms with E-state index in [0.717, 1.165) is 24.8 Å². The summed E-state index contributed by atoms with van der Waals surface area (Å²) in [6, 6.07) is 5.01. The zero-order valence-electron chi connectivity index (χ0n) is 11.7. The summed E-state index contributed by atoms with van der Waals surface area (Å²) in [5, 5.41) is 2.84. The van der Waals surface area contributed by atoms with Gasteiger partial charge >= 0.3 is 0 Å². The number of carbonyl (C=O) groups is 2. The van der Waals surface area contributed by atoms with Crippen LogP contribution in [0.5, 0.6) is 0 Å². The molecule has 5 N–H and O–H groups in total. The lowest BCUT2D eigenvalue weighted by atomic mass is 9.82. The van der Waals surface area contributed by atoms with Gasteiger partial charge in [-0.05, 0) is 37.5 Å². The summed E-state index contributed by atoms with van der Waals surface area (Å²) in [4.78, 5) is 23.6. The number of rotatable bonds is 3. The molecule has 0 spiro atoms. The highest BCUT2D eigenvalue weighted by Gasteiger charge is 2.35. The molecule has 0 radical (unpaired) electrons. The molecule has 1 aliphatic carbocycles. The van der Waals surface area contributed by atoms with Crippen molar-refractivity contribution < 1.29 is 9.59 Å². The Kier molecular flexibility index (Phi) is 4.09. The molecule has 2 rings (SSSR count). The van der Waals surface area contributed by atoms with Crippen LogP contribution in [0, 0.1) is 6.92 Å². The third-order valence-electron chi connectivity index (χ3n) is 3.97. The fourth-order valence-electron chi connectivity index (χ4n) is 2.57. The van der Waals surface area contributed by atoms with E-state index in [4.69, 9.17) is 11.5 Å². The molecule has 5 heteroatoms. The molecule has 108 valence electrons. The van der Waals surface area contributed by atoms with Gasteiger partial charge in [-0.2, -0.15) is 0 Å². The predicted octanol–water partition coefficient (Wildman–Crippen LogP) is 1.69. The molecule has 20 heavy (non-hydrogen) atoms. The van der Waals surface area contributed by atoms with Crippen LogP contribution in [0.4, 0.5) is 5.69 Å². The average molecular weight is 275 g/mol. The lowest BCUT2D eigenvalue weighted by Crippen LogP contribution is -2.52. The summed E-state index contributed by atoms with van der Waals surface area (Å²) in [7, 11) is 0. The van der Waals surface area contributed by atoms with E-state index in [0.29, 0.717) is 24.1 Å². The molecule has 5 nitrogen and oxygen atoms in total. The quantitative estimate of drug-likeness (QED) is 0.783. The Bertz CT molecular complexity index is 534. The normalized spacial score (nSPS) is 17.5. The summed E-state index contributed by atoms with van der Waals surface area (Å²) >= 11 is 0. The third-order valence-corrected chi connectivity index (χ3v) is 3.97. The van der Waals surface area contributed by atoms with Gasteiger partial charge in [0, 0.05) is 11.3 Å². The molecule has 0 saturated heterocycles. The maximum atomic E-state index is 12.4. The van der Waals surface area contributed by atoms with E-state index in [1.807, 2.05) is 6.92 Å². The number of hydrogen-bond donors (Lipinski definition) is 3. The van der Waals surface area contributed by atoms with Crippen molar-refractivity contribution in [1.29, 1.82) is 0 Å². The number of hydrogen-bond acceptors (Lipinski definition) is 3. The Morgan fingerprint density at radius 3 is 2.45 bits per heavy atom. The fraction of sp³-hybridized carbons (Fsp3) is 0.467. The monoisotopic (exact) mass is 275 g/mol. The molecular weight excluding hydrogens is 254 g/mol. The van der Waals surface area contributed by atoms with Crippen molar-refractivity contribution in [3.8, 4) is 0 Å². The molecule has 1 aromatic carbocycles. The van der Waals surface area contributed by atoms with Crippen LogP contribution in [0.2, 0.25) is 0 Å². The molecule has 0 atom stereocenters. The number of carbonyl (C=O) groups excluding carboxylic acids is 2. The SMILES string of the molecule is Cc1ccc(C(N)=O)cc1NC(=O)C1(N)CCCCC1. The first kappa shape index (κ1) is 14.5. The van der Waals surface area contributed by atoms with Crippen molar-refractivity contribution in [2.75, 3.05) is 5.32 Å². The molecule has 0 unspecified atom stereocenters. The Balaban J connectivity index is 2.18. The minimum absolute atomic E-state index is 0.179. The molecule has 0 bridgehead atoms. The molecule has 1 aliphatic rings. The third kappa shape index (κ3) is 2.99. The van der Waals surface area contributed by atoms with Crippen LogP contribution in [-0.2, 0) is 4.79 Å². The van der Waals surface area contributed by atoms with Gasteiger partial charge < -0.3 is 16.8 Å². The molecule has 0 aliphatic heterocycles. The topological polar surface area (TPSA) is 98.2 Å². The summed E-state index contributed by atoms with van der Waals surface area (Å²) in [6.07, 6.45) is 4.48. The number of benzene rings is 1. The number of aryl methyl sites for hydroxylation is 1. The Morgan fingerprint density at radius 1 is 1.20 bits per heavy atom. The van der Waals surface area contributed by atoms with Crippen LogP contribution in [0.1, 0.15) is 48.0 Å². The van der Waals surface area contributed by atoms with E-state index in [2.05, 4.69) is 5.32 Å². The van der Waals surface area contributed by atoms with Crippen LogP contribution >= 0.6 is 0 Å². The van der Waals surface area contributed by atoms with E-state index in [1.54, 1.807) is 18.2 Å². The molecular formula is C15H21N3O2. The maximum absolute atomic E-state index is 12.4. The predicted molar refractivity (Wildman–Crippen MR) is 78.3 cm³/mol. The first-order chi connectivity index (χ1) is 9.42. The Labute approximate surface area is 118 Å². The van der Waals surface area contributed by atoms with Gasteiger partial charge in [-0.15, -0.1) is 0 Å². The molecule has 1 fully saturated rings. The Morgan fingerprint density at radius 2 is 1.85 bits per heavy atom. The van der Waals surface area contributed by atoms with Crippen LogP contribution in [-0.4, -0.2) is 17.4 Å². The van der Waals surface area contributed by atoms with Gasteiger partial charge in [0.15, 0.2) is 0 Å². The van der Waals surface area contributed by atoms with E-state index in [9.17, 15) is 9.59 Å².